The smallest absolute Gasteiger partial charge is 0.305 e. The molecule has 28 heavy (non-hydrogen) atoms. The number of hydrogen-bond donors (Lipinski definition) is 1. The van der Waals surface area contributed by atoms with Crippen LogP contribution in [0.15, 0.2) is 42.6 Å². The van der Waals surface area contributed by atoms with Gasteiger partial charge in [-0.3, -0.25) is 9.69 Å². The normalized spacial score (nSPS) is 15.0. The van der Waals surface area contributed by atoms with Crippen molar-refractivity contribution in [1.82, 2.24) is 9.47 Å². The molecule has 3 rings (SSSR count). The van der Waals surface area contributed by atoms with Crippen molar-refractivity contribution in [3.63, 3.8) is 0 Å². The summed E-state index contributed by atoms with van der Waals surface area (Å²) in [4.78, 5) is 13.7. The van der Waals surface area contributed by atoms with Gasteiger partial charge in [-0.05, 0) is 49.1 Å². The third-order valence-corrected chi connectivity index (χ3v) is 4.93. The van der Waals surface area contributed by atoms with Crippen LogP contribution in [0.2, 0.25) is 0 Å². The van der Waals surface area contributed by atoms with Crippen LogP contribution in [0.3, 0.4) is 0 Å². The maximum absolute atomic E-state index is 13.5. The summed E-state index contributed by atoms with van der Waals surface area (Å²) in [6, 6.07) is 11.1. The minimum atomic E-state index is -0.701. The Hall–Kier alpha value is -2.18. The molecule has 1 aliphatic carbocycles. The predicted molar refractivity (Wildman–Crippen MR) is 105 cm³/mol. The fourth-order valence-electron chi connectivity index (χ4n) is 3.36. The number of hydrogen-bond acceptors (Lipinski definition) is 4. The van der Waals surface area contributed by atoms with Crippen LogP contribution >= 0.6 is 0 Å². The lowest BCUT2D eigenvalue weighted by Gasteiger charge is -2.25. The highest BCUT2D eigenvalue weighted by molar-refractivity contribution is 5.69. The lowest BCUT2D eigenvalue weighted by Crippen LogP contribution is -2.37. The van der Waals surface area contributed by atoms with Crippen molar-refractivity contribution in [2.24, 2.45) is 0 Å². The van der Waals surface area contributed by atoms with E-state index in [9.17, 15) is 14.3 Å². The van der Waals surface area contributed by atoms with Gasteiger partial charge in [0.15, 0.2) is 0 Å². The zero-order valence-corrected chi connectivity index (χ0v) is 16.4. The van der Waals surface area contributed by atoms with E-state index in [1.165, 1.54) is 6.07 Å². The highest BCUT2D eigenvalue weighted by atomic mass is 19.1. The van der Waals surface area contributed by atoms with Gasteiger partial charge in [-0.15, -0.1) is 0 Å². The van der Waals surface area contributed by atoms with E-state index in [1.807, 2.05) is 25.3 Å². The van der Waals surface area contributed by atoms with E-state index in [0.29, 0.717) is 32.1 Å². The highest BCUT2D eigenvalue weighted by Crippen LogP contribution is 2.28. The Morgan fingerprint density at radius 3 is 2.89 bits per heavy atom. The predicted octanol–water partition coefficient (Wildman–Crippen LogP) is 3.34. The summed E-state index contributed by atoms with van der Waals surface area (Å²) in [7, 11) is 0. The van der Waals surface area contributed by atoms with E-state index in [-0.39, 0.29) is 18.4 Å². The lowest BCUT2D eigenvalue weighted by molar-refractivity contribution is -0.147. The van der Waals surface area contributed by atoms with Gasteiger partial charge in [0, 0.05) is 44.0 Å². The number of esters is 1. The maximum atomic E-state index is 13.5. The Morgan fingerprint density at radius 2 is 2.18 bits per heavy atom. The largest absolute Gasteiger partial charge is 0.463 e. The van der Waals surface area contributed by atoms with Crippen molar-refractivity contribution < 1.29 is 19.0 Å². The SMILES string of the molecule is CCCC(=O)OCC(O)CN(Cc1cccn1Cc1cccc(F)c1)C1CC1. The summed E-state index contributed by atoms with van der Waals surface area (Å²) in [5, 5.41) is 10.3. The van der Waals surface area contributed by atoms with Crippen molar-refractivity contribution in [3.05, 3.63) is 59.7 Å². The van der Waals surface area contributed by atoms with Crippen LogP contribution in [0, 0.1) is 5.82 Å². The fourth-order valence-corrected chi connectivity index (χ4v) is 3.36. The quantitative estimate of drug-likeness (QED) is 0.600. The minimum Gasteiger partial charge on any atom is -0.463 e. The standard InChI is InChI=1S/C22H29FN2O3/c1-2-5-22(27)28-16-21(26)15-25(19-9-10-19)14-20-8-4-11-24(20)13-17-6-3-7-18(23)12-17/h3-4,6-8,11-12,19,21,26H,2,5,9-10,13-16H2,1H3. The van der Waals surface area contributed by atoms with Gasteiger partial charge in [0.1, 0.15) is 18.5 Å². The number of aliphatic hydroxyl groups excluding tert-OH is 1. The molecule has 1 saturated carbocycles. The first-order valence-electron chi connectivity index (χ1n) is 10.0. The third-order valence-electron chi connectivity index (χ3n) is 4.93. The summed E-state index contributed by atoms with van der Waals surface area (Å²) < 4.78 is 20.7. The van der Waals surface area contributed by atoms with Gasteiger partial charge in [0.25, 0.3) is 0 Å². The summed E-state index contributed by atoms with van der Waals surface area (Å²) in [5.74, 6) is -0.491. The fraction of sp³-hybridized carbons (Fsp3) is 0.500. The second kappa shape index (κ2) is 9.85. The van der Waals surface area contributed by atoms with Gasteiger partial charge in [-0.2, -0.15) is 0 Å². The molecular formula is C22H29FN2O3. The van der Waals surface area contributed by atoms with Gasteiger partial charge in [-0.1, -0.05) is 19.1 Å². The van der Waals surface area contributed by atoms with Crippen LogP contribution in [0.5, 0.6) is 0 Å². The Morgan fingerprint density at radius 1 is 1.36 bits per heavy atom. The van der Waals surface area contributed by atoms with Gasteiger partial charge >= 0.3 is 5.97 Å². The summed E-state index contributed by atoms with van der Waals surface area (Å²) in [6.45, 7) is 3.73. The molecule has 1 N–H and O–H groups in total. The second-order valence-electron chi connectivity index (χ2n) is 7.50. The van der Waals surface area contributed by atoms with E-state index in [1.54, 1.807) is 12.1 Å². The number of rotatable bonds is 11. The number of aliphatic hydroxyl groups is 1. The molecular weight excluding hydrogens is 359 g/mol. The number of ether oxygens (including phenoxy) is 1. The molecule has 0 aliphatic heterocycles. The van der Waals surface area contributed by atoms with Gasteiger partial charge in [-0.25, -0.2) is 4.39 Å². The molecule has 1 heterocycles. The average Bonchev–Trinajstić information content (AvgIpc) is 3.42. The van der Waals surface area contributed by atoms with E-state index < -0.39 is 6.10 Å². The van der Waals surface area contributed by atoms with Gasteiger partial charge < -0.3 is 14.4 Å². The molecule has 0 radical (unpaired) electrons. The van der Waals surface area contributed by atoms with Crippen molar-refractivity contribution in [2.75, 3.05) is 13.2 Å². The maximum Gasteiger partial charge on any atom is 0.305 e. The third kappa shape index (κ3) is 6.17. The molecule has 6 heteroatoms. The molecule has 1 aromatic heterocycles. The van der Waals surface area contributed by atoms with Crippen molar-refractivity contribution in [2.45, 2.75) is 57.8 Å². The summed E-state index contributed by atoms with van der Waals surface area (Å²) >= 11 is 0. The molecule has 2 aromatic rings. The molecule has 1 aliphatic rings. The number of aromatic nitrogens is 1. The van der Waals surface area contributed by atoms with Gasteiger partial charge in [0.05, 0.1) is 0 Å². The molecule has 1 fully saturated rings. The number of nitrogens with zero attached hydrogens (tertiary/aromatic N) is 2. The monoisotopic (exact) mass is 388 g/mol. The van der Waals surface area contributed by atoms with Crippen LogP contribution in [0.1, 0.15) is 43.9 Å². The van der Waals surface area contributed by atoms with E-state index in [0.717, 1.165) is 30.5 Å². The van der Waals surface area contributed by atoms with Crippen molar-refractivity contribution in [3.8, 4) is 0 Å². The molecule has 5 nitrogen and oxygen atoms in total. The first kappa shape index (κ1) is 20.6. The van der Waals surface area contributed by atoms with Crippen LogP contribution in [-0.2, 0) is 22.6 Å². The Labute approximate surface area is 165 Å². The number of carbonyl (C=O) groups excluding carboxylic acids is 1. The second-order valence-corrected chi connectivity index (χ2v) is 7.50. The van der Waals surface area contributed by atoms with Crippen LogP contribution in [0.25, 0.3) is 0 Å². The average molecular weight is 388 g/mol. The Bertz CT molecular complexity index is 773. The van der Waals surface area contributed by atoms with Crippen LogP contribution in [0.4, 0.5) is 4.39 Å². The topological polar surface area (TPSA) is 54.7 Å². The number of carbonyl (C=O) groups is 1. The first-order valence-corrected chi connectivity index (χ1v) is 10.0. The van der Waals surface area contributed by atoms with Crippen LogP contribution < -0.4 is 0 Å². The molecule has 0 amide bonds. The zero-order chi connectivity index (χ0) is 19.9. The number of halogens is 1. The minimum absolute atomic E-state index is 0.0341. The molecule has 1 unspecified atom stereocenters. The molecule has 0 bridgehead atoms. The van der Waals surface area contributed by atoms with Crippen LogP contribution in [-0.4, -0.2) is 45.8 Å². The molecule has 1 atom stereocenters. The molecule has 1 aromatic carbocycles. The number of benzene rings is 1. The first-order chi connectivity index (χ1) is 13.5. The lowest BCUT2D eigenvalue weighted by atomic mass is 10.2. The van der Waals surface area contributed by atoms with Gasteiger partial charge in [0.2, 0.25) is 0 Å². The molecule has 0 saturated heterocycles. The zero-order valence-electron chi connectivity index (χ0n) is 16.4. The molecule has 0 spiro atoms. The summed E-state index contributed by atoms with van der Waals surface area (Å²) in [5.41, 5.74) is 2.03. The highest BCUT2D eigenvalue weighted by Gasteiger charge is 2.31. The van der Waals surface area contributed by atoms with E-state index in [4.69, 9.17) is 4.74 Å². The van der Waals surface area contributed by atoms with E-state index >= 15 is 0 Å². The molecule has 152 valence electrons. The van der Waals surface area contributed by atoms with Crippen molar-refractivity contribution >= 4 is 5.97 Å². The van der Waals surface area contributed by atoms with Crippen molar-refractivity contribution in [1.29, 1.82) is 0 Å². The Balaban J connectivity index is 1.58. The summed E-state index contributed by atoms with van der Waals surface area (Å²) in [6.07, 6.45) is 4.65. The van der Waals surface area contributed by atoms with E-state index in [2.05, 4.69) is 15.5 Å². The Kier molecular flexibility index (Phi) is 7.23.